The van der Waals surface area contributed by atoms with Crippen molar-refractivity contribution in [2.24, 2.45) is 5.73 Å². The van der Waals surface area contributed by atoms with Crippen molar-refractivity contribution in [2.75, 3.05) is 0 Å². The Morgan fingerprint density at radius 2 is 1.95 bits per heavy atom. The highest BCUT2D eigenvalue weighted by molar-refractivity contribution is 5.82. The molecule has 0 aliphatic carbocycles. The van der Waals surface area contributed by atoms with Gasteiger partial charge in [-0.3, -0.25) is 0 Å². The molecule has 0 amide bonds. The highest BCUT2D eigenvalue weighted by Gasteiger charge is 2.29. The average Bonchev–Trinajstić information content (AvgIpc) is 2.73. The van der Waals surface area contributed by atoms with E-state index in [9.17, 15) is 13.2 Å². The molecule has 5 heteroatoms. The number of aryl methyl sites for hydroxylation is 1. The summed E-state index contributed by atoms with van der Waals surface area (Å²) in [7, 11) is 0. The van der Waals surface area contributed by atoms with Gasteiger partial charge in [-0.25, -0.2) is 0 Å². The predicted octanol–water partition coefficient (Wildman–Crippen LogP) is 4.34. The molecule has 0 spiro atoms. The normalized spacial score (nSPS) is 13.9. The third-order valence-electron chi connectivity index (χ3n) is 3.14. The number of halogens is 3. The number of hydrogen-bond donors (Lipinski definition) is 1. The lowest BCUT2D eigenvalue weighted by Gasteiger charge is -2.13. The summed E-state index contributed by atoms with van der Waals surface area (Å²) in [4.78, 5) is 0. The third-order valence-corrected chi connectivity index (χ3v) is 3.14. The van der Waals surface area contributed by atoms with Crippen LogP contribution in [0, 0.1) is 0 Å². The summed E-state index contributed by atoms with van der Waals surface area (Å²) in [6, 6.07) is 6.64. The van der Waals surface area contributed by atoms with Crippen LogP contribution in [0.5, 0.6) is 0 Å². The fraction of sp³-hybridized carbons (Fsp3) is 0.429. The van der Waals surface area contributed by atoms with E-state index in [1.807, 2.05) is 25.1 Å². The monoisotopic (exact) mass is 271 g/mol. The zero-order chi connectivity index (χ0) is 14.0. The van der Waals surface area contributed by atoms with E-state index in [1.54, 1.807) is 6.07 Å². The van der Waals surface area contributed by atoms with E-state index >= 15 is 0 Å². The first-order valence-corrected chi connectivity index (χ1v) is 6.25. The highest BCUT2D eigenvalue weighted by atomic mass is 19.4. The smallest absolute Gasteiger partial charge is 0.389 e. The third kappa shape index (κ3) is 3.10. The molecule has 2 rings (SSSR count). The summed E-state index contributed by atoms with van der Waals surface area (Å²) < 4.78 is 42.5. The van der Waals surface area contributed by atoms with Crippen molar-refractivity contribution in [3.8, 4) is 0 Å². The van der Waals surface area contributed by atoms with Gasteiger partial charge in [0.1, 0.15) is 11.3 Å². The van der Waals surface area contributed by atoms with E-state index in [0.29, 0.717) is 23.3 Å². The molecular formula is C14H16F3NO. The molecule has 19 heavy (non-hydrogen) atoms. The van der Waals surface area contributed by atoms with Gasteiger partial charge in [-0.05, 0) is 12.5 Å². The first-order valence-electron chi connectivity index (χ1n) is 6.25. The van der Waals surface area contributed by atoms with Gasteiger partial charge < -0.3 is 10.2 Å². The van der Waals surface area contributed by atoms with Crippen LogP contribution in [-0.4, -0.2) is 6.18 Å². The van der Waals surface area contributed by atoms with Crippen LogP contribution >= 0.6 is 0 Å². The van der Waals surface area contributed by atoms with Crippen molar-refractivity contribution in [1.82, 2.24) is 0 Å². The van der Waals surface area contributed by atoms with Gasteiger partial charge in [0.2, 0.25) is 0 Å². The molecule has 104 valence electrons. The lowest BCUT2D eigenvalue weighted by Crippen LogP contribution is -2.16. The van der Waals surface area contributed by atoms with Gasteiger partial charge in [0.25, 0.3) is 0 Å². The van der Waals surface area contributed by atoms with Crippen LogP contribution in [0.25, 0.3) is 11.0 Å². The number of hydrogen-bond acceptors (Lipinski definition) is 2. The second kappa shape index (κ2) is 5.25. The molecule has 1 aromatic carbocycles. The minimum absolute atomic E-state index is 0.125. The number of nitrogens with two attached hydrogens (primary N) is 1. The van der Waals surface area contributed by atoms with Crippen LogP contribution < -0.4 is 5.73 Å². The van der Waals surface area contributed by atoms with Gasteiger partial charge in [0.05, 0.1) is 0 Å². The zero-order valence-electron chi connectivity index (χ0n) is 10.6. The van der Waals surface area contributed by atoms with Gasteiger partial charge in [0.15, 0.2) is 0 Å². The van der Waals surface area contributed by atoms with Crippen molar-refractivity contribution < 1.29 is 17.6 Å². The van der Waals surface area contributed by atoms with Gasteiger partial charge in [-0.15, -0.1) is 0 Å². The maximum atomic E-state index is 12.3. The van der Waals surface area contributed by atoms with Crippen LogP contribution in [0.2, 0.25) is 0 Å². The minimum atomic E-state index is -4.18. The zero-order valence-corrected chi connectivity index (χ0v) is 10.6. The predicted molar refractivity (Wildman–Crippen MR) is 67.8 cm³/mol. The first kappa shape index (κ1) is 13.9. The van der Waals surface area contributed by atoms with Crippen LogP contribution in [0.1, 0.15) is 37.1 Å². The fourth-order valence-corrected chi connectivity index (χ4v) is 2.25. The largest absolute Gasteiger partial charge is 0.461 e. The van der Waals surface area contributed by atoms with E-state index in [0.717, 1.165) is 5.39 Å². The number of furan rings is 1. The Morgan fingerprint density at radius 3 is 2.58 bits per heavy atom. The van der Waals surface area contributed by atoms with Crippen LogP contribution in [0.15, 0.2) is 28.7 Å². The standard InChI is InChI=1S/C14H16F3NO/c1-2-11-13(10(18)7-8-14(15,16)17)9-5-3-4-6-12(9)19-11/h3-6,10H,2,7-8,18H2,1H3. The summed E-state index contributed by atoms with van der Waals surface area (Å²) in [5.41, 5.74) is 7.32. The molecule has 0 saturated carbocycles. The maximum absolute atomic E-state index is 12.3. The molecule has 2 aromatic rings. The Balaban J connectivity index is 2.32. The number of fused-ring (bicyclic) bond motifs is 1. The van der Waals surface area contributed by atoms with Crippen molar-refractivity contribution in [3.05, 3.63) is 35.6 Å². The number of alkyl halides is 3. The fourth-order valence-electron chi connectivity index (χ4n) is 2.25. The molecule has 0 radical (unpaired) electrons. The summed E-state index contributed by atoms with van der Waals surface area (Å²) in [5, 5.41) is 0.814. The molecule has 0 saturated heterocycles. The number of rotatable bonds is 4. The summed E-state index contributed by atoms with van der Waals surface area (Å²) in [5.74, 6) is 0.677. The van der Waals surface area contributed by atoms with E-state index in [4.69, 9.17) is 10.2 Å². The molecule has 1 heterocycles. The molecule has 0 bridgehead atoms. The lowest BCUT2D eigenvalue weighted by atomic mass is 9.98. The lowest BCUT2D eigenvalue weighted by molar-refractivity contribution is -0.136. The minimum Gasteiger partial charge on any atom is -0.461 e. The second-order valence-electron chi connectivity index (χ2n) is 4.55. The molecule has 1 unspecified atom stereocenters. The Hall–Kier alpha value is -1.49. The van der Waals surface area contributed by atoms with Crippen molar-refractivity contribution >= 4 is 11.0 Å². The SMILES string of the molecule is CCc1oc2ccccc2c1C(N)CCC(F)(F)F. The quantitative estimate of drug-likeness (QED) is 0.898. The van der Waals surface area contributed by atoms with E-state index in [1.165, 1.54) is 0 Å². The number of benzene rings is 1. The van der Waals surface area contributed by atoms with Crippen LogP contribution in [0.4, 0.5) is 13.2 Å². The van der Waals surface area contributed by atoms with Crippen molar-refractivity contribution in [3.63, 3.8) is 0 Å². The van der Waals surface area contributed by atoms with Gasteiger partial charge >= 0.3 is 6.18 Å². The Bertz CT molecular complexity index is 559. The molecule has 2 N–H and O–H groups in total. The molecule has 2 nitrogen and oxygen atoms in total. The second-order valence-corrected chi connectivity index (χ2v) is 4.55. The summed E-state index contributed by atoms with van der Waals surface area (Å²) in [6.07, 6.45) is -4.57. The average molecular weight is 271 g/mol. The van der Waals surface area contributed by atoms with Gasteiger partial charge in [0, 0.05) is 29.8 Å². The van der Waals surface area contributed by atoms with Crippen molar-refractivity contribution in [2.45, 2.75) is 38.4 Å². The van der Waals surface area contributed by atoms with Crippen molar-refractivity contribution in [1.29, 1.82) is 0 Å². The molecule has 1 atom stereocenters. The van der Waals surface area contributed by atoms with Crippen LogP contribution in [-0.2, 0) is 6.42 Å². The van der Waals surface area contributed by atoms with E-state index < -0.39 is 18.6 Å². The van der Waals surface area contributed by atoms with E-state index in [2.05, 4.69) is 0 Å². The first-order chi connectivity index (χ1) is 8.92. The molecule has 0 aliphatic heterocycles. The molecular weight excluding hydrogens is 255 g/mol. The maximum Gasteiger partial charge on any atom is 0.389 e. The molecule has 0 fully saturated rings. The number of para-hydroxylation sites is 1. The Morgan fingerprint density at radius 1 is 1.26 bits per heavy atom. The summed E-state index contributed by atoms with van der Waals surface area (Å²) >= 11 is 0. The summed E-state index contributed by atoms with van der Waals surface area (Å²) in [6.45, 7) is 1.90. The highest BCUT2D eigenvalue weighted by Crippen LogP contribution is 2.34. The topological polar surface area (TPSA) is 39.2 Å². The molecule has 1 aromatic heterocycles. The Labute approximate surface area is 109 Å². The molecule has 0 aliphatic rings. The van der Waals surface area contributed by atoms with E-state index in [-0.39, 0.29) is 6.42 Å². The Kier molecular flexibility index (Phi) is 3.85. The van der Waals surface area contributed by atoms with Gasteiger partial charge in [-0.2, -0.15) is 13.2 Å². The van der Waals surface area contributed by atoms with Gasteiger partial charge in [-0.1, -0.05) is 25.1 Å². The van der Waals surface area contributed by atoms with Crippen LogP contribution in [0.3, 0.4) is 0 Å².